The zero-order valence-electron chi connectivity index (χ0n) is 27.9. The first-order valence-corrected chi connectivity index (χ1v) is 16.3. The molecule has 2 aromatic carbocycles. The molecule has 5 amide bonds. The lowest BCUT2D eigenvalue weighted by Gasteiger charge is -2.21. The molecule has 1 aromatic heterocycles. The van der Waals surface area contributed by atoms with Crippen LogP contribution < -0.4 is 38.1 Å². The molecule has 17 heteroatoms. The van der Waals surface area contributed by atoms with E-state index in [2.05, 4.69) is 31.6 Å². The fourth-order valence-electron chi connectivity index (χ4n) is 5.17. The molecule has 274 valence electrons. The summed E-state index contributed by atoms with van der Waals surface area (Å²) < 4.78 is 0. The van der Waals surface area contributed by atoms with E-state index in [1.807, 2.05) is 18.2 Å². The molecule has 0 saturated heterocycles. The van der Waals surface area contributed by atoms with Gasteiger partial charge in [-0.3, -0.25) is 28.8 Å². The van der Waals surface area contributed by atoms with Crippen molar-refractivity contribution in [1.82, 2.24) is 31.6 Å². The number of carboxylic acid groups (broad SMARTS) is 2. The number of carbonyl (C=O) groups is 7. The number of H-pyrrole nitrogens is 1. The average molecular weight is 709 g/mol. The monoisotopic (exact) mass is 708 g/mol. The zero-order valence-corrected chi connectivity index (χ0v) is 27.9. The van der Waals surface area contributed by atoms with Crippen molar-refractivity contribution in [3.63, 3.8) is 0 Å². The number of carbonyl (C=O) groups excluding carboxylic acids is 5. The highest BCUT2D eigenvalue weighted by Gasteiger charge is 2.28. The summed E-state index contributed by atoms with van der Waals surface area (Å²) in [5.74, 6) is -6.43. The number of aromatic nitrogens is 1. The third kappa shape index (κ3) is 13.2. The Morgan fingerprint density at radius 3 is 1.90 bits per heavy atom. The minimum Gasteiger partial charge on any atom is -0.481 e. The molecule has 0 aliphatic rings. The molecule has 0 aliphatic carbocycles. The van der Waals surface area contributed by atoms with Crippen molar-refractivity contribution < 1.29 is 43.8 Å². The summed E-state index contributed by atoms with van der Waals surface area (Å²) in [7, 11) is 0. The molecular weight excluding hydrogens is 664 g/mol. The Balaban J connectivity index is 1.69. The molecule has 1 heterocycles. The molecule has 0 bridgehead atoms. The number of aliphatic carboxylic acids is 2. The molecule has 3 rings (SSSR count). The summed E-state index contributed by atoms with van der Waals surface area (Å²) in [4.78, 5) is 90.5. The molecule has 0 spiro atoms. The largest absolute Gasteiger partial charge is 0.481 e. The molecule has 0 saturated carbocycles. The van der Waals surface area contributed by atoms with Crippen LogP contribution in [0, 0.1) is 0 Å². The van der Waals surface area contributed by atoms with Gasteiger partial charge in [0.25, 0.3) is 0 Å². The maximum absolute atomic E-state index is 13.4. The Bertz CT molecular complexity index is 1680. The van der Waals surface area contributed by atoms with Crippen LogP contribution in [0.25, 0.3) is 10.9 Å². The first-order valence-electron chi connectivity index (χ1n) is 16.3. The summed E-state index contributed by atoms with van der Waals surface area (Å²) >= 11 is 0. The van der Waals surface area contributed by atoms with Gasteiger partial charge in [-0.1, -0.05) is 48.5 Å². The maximum Gasteiger partial charge on any atom is 0.326 e. The van der Waals surface area contributed by atoms with Gasteiger partial charge in [-0.05, 0) is 43.0 Å². The minimum absolute atomic E-state index is 0.00321. The Morgan fingerprint density at radius 1 is 0.706 bits per heavy atom. The van der Waals surface area contributed by atoms with Crippen molar-refractivity contribution >= 4 is 52.4 Å². The van der Waals surface area contributed by atoms with Crippen LogP contribution in [0.3, 0.4) is 0 Å². The standard InChI is InChI=1S/C34H44N8O9/c35-13-7-6-12-25(34(50)51)40-28(43)18-39-33(49)27(15-21-17-37-24-11-5-4-10-22(21)24)41-29(44)19-38-32(48)26(14-20-8-2-1-3-9-20)42-31(47)23(36)16-30(45)46/h1-5,8-11,17,23,25-27,37H,6-7,12-16,18-19,35-36H2,(H,38,48)(H,39,49)(H,40,43)(H,41,44)(H,42,47)(H,45,46)(H,50,51). The quantitative estimate of drug-likeness (QED) is 0.0578. The highest BCUT2D eigenvalue weighted by molar-refractivity contribution is 5.95. The van der Waals surface area contributed by atoms with Gasteiger partial charge in [0.2, 0.25) is 29.5 Å². The van der Waals surface area contributed by atoms with Crippen LogP contribution in [-0.2, 0) is 46.4 Å². The summed E-state index contributed by atoms with van der Waals surface area (Å²) in [6.45, 7) is -0.804. The van der Waals surface area contributed by atoms with E-state index in [1.54, 1.807) is 42.6 Å². The van der Waals surface area contributed by atoms with Crippen LogP contribution in [-0.4, -0.2) is 100 Å². The van der Waals surface area contributed by atoms with Crippen molar-refractivity contribution in [3.8, 4) is 0 Å². The number of fused-ring (bicyclic) bond motifs is 1. The Labute approximate surface area is 293 Å². The number of hydrogen-bond donors (Lipinski definition) is 10. The fourth-order valence-corrected chi connectivity index (χ4v) is 5.17. The fraction of sp³-hybridized carbons (Fsp3) is 0.382. The molecule has 4 unspecified atom stereocenters. The number of nitrogens with two attached hydrogens (primary N) is 2. The van der Waals surface area contributed by atoms with Crippen LogP contribution in [0.15, 0.2) is 60.8 Å². The van der Waals surface area contributed by atoms with E-state index in [9.17, 15) is 38.7 Å². The lowest BCUT2D eigenvalue weighted by Crippen LogP contribution is -2.55. The second-order valence-electron chi connectivity index (χ2n) is 11.8. The van der Waals surface area contributed by atoms with Gasteiger partial charge in [0.05, 0.1) is 25.6 Å². The Morgan fingerprint density at radius 2 is 1.29 bits per heavy atom. The number of rotatable bonds is 21. The summed E-state index contributed by atoms with van der Waals surface area (Å²) in [5.41, 5.74) is 13.3. The van der Waals surface area contributed by atoms with Crippen LogP contribution in [0.5, 0.6) is 0 Å². The molecule has 3 aromatic rings. The molecule has 0 aliphatic heterocycles. The molecule has 0 radical (unpaired) electrons. The number of amides is 5. The van der Waals surface area contributed by atoms with E-state index in [0.717, 1.165) is 10.9 Å². The van der Waals surface area contributed by atoms with Crippen LogP contribution >= 0.6 is 0 Å². The average Bonchev–Trinajstić information content (AvgIpc) is 3.51. The second kappa shape index (κ2) is 20.0. The van der Waals surface area contributed by atoms with Gasteiger partial charge >= 0.3 is 11.9 Å². The first-order chi connectivity index (χ1) is 24.4. The predicted molar refractivity (Wildman–Crippen MR) is 185 cm³/mol. The number of carboxylic acids is 2. The number of unbranched alkanes of at least 4 members (excludes halogenated alkanes) is 1. The van der Waals surface area contributed by atoms with Gasteiger partial charge in [0.15, 0.2) is 0 Å². The van der Waals surface area contributed by atoms with E-state index in [4.69, 9.17) is 16.6 Å². The normalized spacial score (nSPS) is 13.2. The number of aromatic amines is 1. The lowest BCUT2D eigenvalue weighted by atomic mass is 10.0. The zero-order chi connectivity index (χ0) is 37.3. The molecule has 4 atom stereocenters. The van der Waals surface area contributed by atoms with Crippen molar-refractivity contribution in [2.24, 2.45) is 11.5 Å². The van der Waals surface area contributed by atoms with Gasteiger partial charge < -0.3 is 53.2 Å². The molecule has 0 fully saturated rings. The number of para-hydroxylation sites is 1. The Kier molecular flexibility index (Phi) is 15.5. The van der Waals surface area contributed by atoms with Crippen molar-refractivity contribution in [2.75, 3.05) is 19.6 Å². The molecular formula is C34H44N8O9. The number of nitrogens with one attached hydrogen (secondary N) is 6. The van der Waals surface area contributed by atoms with Crippen LogP contribution in [0.2, 0.25) is 0 Å². The van der Waals surface area contributed by atoms with Gasteiger partial charge in [-0.15, -0.1) is 0 Å². The van der Waals surface area contributed by atoms with Gasteiger partial charge in [-0.25, -0.2) is 4.79 Å². The van der Waals surface area contributed by atoms with Crippen LogP contribution in [0.4, 0.5) is 0 Å². The van der Waals surface area contributed by atoms with E-state index in [1.165, 1.54) is 0 Å². The van der Waals surface area contributed by atoms with Crippen LogP contribution in [0.1, 0.15) is 36.8 Å². The highest BCUT2D eigenvalue weighted by atomic mass is 16.4. The predicted octanol–water partition coefficient (Wildman–Crippen LogP) is -1.34. The molecule has 51 heavy (non-hydrogen) atoms. The van der Waals surface area contributed by atoms with Crippen molar-refractivity contribution in [3.05, 3.63) is 71.9 Å². The first kappa shape index (κ1) is 39.6. The van der Waals surface area contributed by atoms with Gasteiger partial charge in [0, 0.05) is 29.9 Å². The van der Waals surface area contributed by atoms with E-state index < -0.39 is 85.2 Å². The van der Waals surface area contributed by atoms with E-state index in [0.29, 0.717) is 30.5 Å². The second-order valence-corrected chi connectivity index (χ2v) is 11.8. The van der Waals surface area contributed by atoms with Gasteiger partial charge in [0.1, 0.15) is 18.1 Å². The molecule has 17 nitrogen and oxygen atoms in total. The van der Waals surface area contributed by atoms with E-state index >= 15 is 0 Å². The SMILES string of the molecule is NCCCCC(NC(=O)CNC(=O)C(Cc1c[nH]c2ccccc12)NC(=O)CNC(=O)C(Cc1ccccc1)NC(=O)C(N)CC(=O)O)C(=O)O. The van der Waals surface area contributed by atoms with Gasteiger partial charge in [-0.2, -0.15) is 0 Å². The lowest BCUT2D eigenvalue weighted by molar-refractivity contribution is -0.142. The van der Waals surface area contributed by atoms with E-state index in [-0.39, 0.29) is 19.3 Å². The minimum atomic E-state index is -1.42. The summed E-state index contributed by atoms with van der Waals surface area (Å²) in [6, 6.07) is 10.9. The number of benzene rings is 2. The third-order valence-electron chi connectivity index (χ3n) is 7.82. The summed E-state index contributed by atoms with van der Waals surface area (Å²) in [6.07, 6.45) is 2.22. The third-order valence-corrected chi connectivity index (χ3v) is 7.82. The summed E-state index contributed by atoms with van der Waals surface area (Å²) in [5, 5.41) is 31.5. The topological polar surface area (TPSA) is 288 Å². The molecule has 12 N–H and O–H groups in total. The number of hydrogen-bond acceptors (Lipinski definition) is 9. The maximum atomic E-state index is 13.4. The van der Waals surface area contributed by atoms with Crippen molar-refractivity contribution in [1.29, 1.82) is 0 Å². The Hall–Kier alpha value is -5.81. The van der Waals surface area contributed by atoms with Crippen molar-refractivity contribution in [2.45, 2.75) is 62.7 Å². The smallest absolute Gasteiger partial charge is 0.326 e. The highest BCUT2D eigenvalue weighted by Crippen LogP contribution is 2.19.